The van der Waals surface area contributed by atoms with Crippen LogP contribution in [0.4, 0.5) is 0 Å². The topological polar surface area (TPSA) is 21.3 Å². The minimum atomic E-state index is 0.503. The molecule has 0 amide bonds. The number of benzene rings is 2. The quantitative estimate of drug-likeness (QED) is 0.729. The number of halogens is 1. The highest BCUT2D eigenvalue weighted by Gasteiger charge is 2.07. The minimum absolute atomic E-state index is 0.503. The van der Waals surface area contributed by atoms with Gasteiger partial charge in [0.2, 0.25) is 0 Å². The second-order valence-corrected chi connectivity index (χ2v) is 6.64. The molecule has 22 heavy (non-hydrogen) atoms. The van der Waals surface area contributed by atoms with Crippen molar-refractivity contribution in [3.05, 3.63) is 63.6 Å². The molecule has 0 fully saturated rings. The van der Waals surface area contributed by atoms with E-state index in [1.165, 1.54) is 16.7 Å². The first-order valence-corrected chi connectivity index (χ1v) is 8.58. The van der Waals surface area contributed by atoms with E-state index < -0.39 is 0 Å². The Morgan fingerprint density at radius 1 is 1.18 bits per heavy atom. The first kappa shape index (κ1) is 17.0. The summed E-state index contributed by atoms with van der Waals surface area (Å²) in [5.41, 5.74) is 3.64. The second kappa shape index (κ2) is 8.35. The average molecular weight is 362 g/mol. The third-order valence-electron chi connectivity index (χ3n) is 3.75. The molecule has 0 spiro atoms. The van der Waals surface area contributed by atoms with Gasteiger partial charge in [0.1, 0.15) is 12.4 Å². The molecule has 0 saturated carbocycles. The van der Waals surface area contributed by atoms with E-state index in [0.29, 0.717) is 12.6 Å². The van der Waals surface area contributed by atoms with E-state index in [0.717, 1.165) is 23.2 Å². The number of nitrogens with one attached hydrogen (secondary N) is 1. The Hall–Kier alpha value is -1.32. The molecular formula is C19H24BrNO. The summed E-state index contributed by atoms with van der Waals surface area (Å²) in [6, 6.07) is 15.1. The molecule has 1 atom stereocenters. The standard InChI is InChI=1S/C19H24BrNO/c1-4-15(3)21-12-17-11-18(20)8-9-19(17)22-13-16-7-5-6-14(2)10-16/h5-11,15,21H,4,12-13H2,1-3H3. The predicted octanol–water partition coefficient (Wildman–Crippen LogP) is 5.22. The van der Waals surface area contributed by atoms with Crippen LogP contribution < -0.4 is 10.1 Å². The van der Waals surface area contributed by atoms with E-state index in [1.54, 1.807) is 0 Å². The summed E-state index contributed by atoms with van der Waals surface area (Å²) in [7, 11) is 0. The Labute approximate surface area is 142 Å². The molecule has 2 aromatic rings. The third kappa shape index (κ3) is 5.15. The monoisotopic (exact) mass is 361 g/mol. The van der Waals surface area contributed by atoms with Gasteiger partial charge < -0.3 is 10.1 Å². The van der Waals surface area contributed by atoms with Crippen molar-refractivity contribution in [2.45, 2.75) is 46.4 Å². The number of ether oxygens (including phenoxy) is 1. The highest BCUT2D eigenvalue weighted by Crippen LogP contribution is 2.24. The van der Waals surface area contributed by atoms with Crippen molar-refractivity contribution in [1.82, 2.24) is 5.32 Å². The molecule has 0 aliphatic heterocycles. The van der Waals surface area contributed by atoms with Gasteiger partial charge in [0.15, 0.2) is 0 Å². The molecule has 2 nitrogen and oxygen atoms in total. The number of hydrogen-bond acceptors (Lipinski definition) is 2. The maximum absolute atomic E-state index is 6.04. The Morgan fingerprint density at radius 2 is 2.00 bits per heavy atom. The lowest BCUT2D eigenvalue weighted by Crippen LogP contribution is -2.24. The Kier molecular flexibility index (Phi) is 6.47. The molecule has 0 aliphatic rings. The van der Waals surface area contributed by atoms with Crippen LogP contribution in [-0.2, 0) is 13.2 Å². The van der Waals surface area contributed by atoms with Gasteiger partial charge in [-0.05, 0) is 44.0 Å². The lowest BCUT2D eigenvalue weighted by atomic mass is 10.1. The summed E-state index contributed by atoms with van der Waals surface area (Å²) < 4.78 is 7.12. The summed E-state index contributed by atoms with van der Waals surface area (Å²) in [6.45, 7) is 7.90. The van der Waals surface area contributed by atoms with Crippen LogP contribution in [0.2, 0.25) is 0 Å². The summed E-state index contributed by atoms with van der Waals surface area (Å²) in [5.74, 6) is 0.945. The maximum Gasteiger partial charge on any atom is 0.124 e. The van der Waals surface area contributed by atoms with E-state index in [2.05, 4.69) is 72.3 Å². The molecule has 1 unspecified atom stereocenters. The molecule has 0 saturated heterocycles. The van der Waals surface area contributed by atoms with Crippen molar-refractivity contribution in [1.29, 1.82) is 0 Å². The van der Waals surface area contributed by atoms with E-state index >= 15 is 0 Å². The van der Waals surface area contributed by atoms with E-state index in [9.17, 15) is 0 Å². The summed E-state index contributed by atoms with van der Waals surface area (Å²) in [5, 5.41) is 3.52. The Morgan fingerprint density at radius 3 is 2.73 bits per heavy atom. The predicted molar refractivity (Wildman–Crippen MR) is 96.2 cm³/mol. The lowest BCUT2D eigenvalue weighted by molar-refractivity contribution is 0.301. The van der Waals surface area contributed by atoms with Crippen molar-refractivity contribution in [3.8, 4) is 5.75 Å². The molecule has 2 aromatic carbocycles. The Balaban J connectivity index is 2.06. The fourth-order valence-electron chi connectivity index (χ4n) is 2.22. The minimum Gasteiger partial charge on any atom is -0.489 e. The number of aryl methyl sites for hydroxylation is 1. The second-order valence-electron chi connectivity index (χ2n) is 5.72. The van der Waals surface area contributed by atoms with Gasteiger partial charge in [-0.15, -0.1) is 0 Å². The number of hydrogen-bond donors (Lipinski definition) is 1. The molecule has 0 bridgehead atoms. The Bertz CT molecular complexity index is 612. The van der Waals surface area contributed by atoms with Gasteiger partial charge in [0.05, 0.1) is 0 Å². The van der Waals surface area contributed by atoms with Gasteiger partial charge in [-0.1, -0.05) is 52.7 Å². The summed E-state index contributed by atoms with van der Waals surface area (Å²) in [4.78, 5) is 0. The van der Waals surface area contributed by atoms with Gasteiger partial charge in [0, 0.05) is 22.6 Å². The smallest absolute Gasteiger partial charge is 0.124 e. The molecule has 1 N–H and O–H groups in total. The zero-order valence-corrected chi connectivity index (χ0v) is 15.1. The molecule has 2 rings (SSSR count). The highest BCUT2D eigenvalue weighted by atomic mass is 79.9. The lowest BCUT2D eigenvalue weighted by Gasteiger charge is -2.15. The summed E-state index contributed by atoms with van der Waals surface area (Å²) in [6.07, 6.45) is 1.12. The van der Waals surface area contributed by atoms with Crippen LogP contribution in [-0.4, -0.2) is 6.04 Å². The zero-order chi connectivity index (χ0) is 15.9. The molecule has 3 heteroatoms. The molecule has 0 aromatic heterocycles. The van der Waals surface area contributed by atoms with Crippen molar-refractivity contribution in [2.24, 2.45) is 0 Å². The first-order valence-electron chi connectivity index (χ1n) is 7.78. The van der Waals surface area contributed by atoms with E-state index in [4.69, 9.17) is 4.74 Å². The van der Waals surface area contributed by atoms with Crippen molar-refractivity contribution < 1.29 is 4.74 Å². The van der Waals surface area contributed by atoms with Crippen LogP contribution in [0.1, 0.15) is 37.0 Å². The molecule has 0 heterocycles. The van der Waals surface area contributed by atoms with Gasteiger partial charge in [0.25, 0.3) is 0 Å². The van der Waals surface area contributed by atoms with Gasteiger partial charge in [-0.25, -0.2) is 0 Å². The summed E-state index contributed by atoms with van der Waals surface area (Å²) >= 11 is 3.54. The van der Waals surface area contributed by atoms with Crippen LogP contribution >= 0.6 is 15.9 Å². The van der Waals surface area contributed by atoms with Gasteiger partial charge >= 0.3 is 0 Å². The van der Waals surface area contributed by atoms with Gasteiger partial charge in [-0.2, -0.15) is 0 Å². The highest BCUT2D eigenvalue weighted by molar-refractivity contribution is 9.10. The molecular weight excluding hydrogens is 338 g/mol. The maximum atomic E-state index is 6.04. The average Bonchev–Trinajstić information content (AvgIpc) is 2.51. The van der Waals surface area contributed by atoms with Crippen LogP contribution in [0.5, 0.6) is 5.75 Å². The largest absolute Gasteiger partial charge is 0.489 e. The SMILES string of the molecule is CCC(C)NCc1cc(Br)ccc1OCc1cccc(C)c1. The first-order chi connectivity index (χ1) is 10.6. The molecule has 0 aliphatic carbocycles. The fraction of sp³-hybridized carbons (Fsp3) is 0.368. The number of rotatable bonds is 7. The van der Waals surface area contributed by atoms with E-state index in [-0.39, 0.29) is 0 Å². The van der Waals surface area contributed by atoms with Crippen LogP contribution in [0.25, 0.3) is 0 Å². The van der Waals surface area contributed by atoms with Gasteiger partial charge in [-0.3, -0.25) is 0 Å². The van der Waals surface area contributed by atoms with Crippen LogP contribution in [0.15, 0.2) is 46.9 Å². The molecule has 118 valence electrons. The normalized spacial score (nSPS) is 12.2. The van der Waals surface area contributed by atoms with Crippen molar-refractivity contribution in [2.75, 3.05) is 0 Å². The van der Waals surface area contributed by atoms with Crippen LogP contribution in [0.3, 0.4) is 0 Å². The molecule has 0 radical (unpaired) electrons. The van der Waals surface area contributed by atoms with Crippen molar-refractivity contribution >= 4 is 15.9 Å². The van der Waals surface area contributed by atoms with Crippen LogP contribution in [0, 0.1) is 6.92 Å². The van der Waals surface area contributed by atoms with E-state index in [1.807, 2.05) is 12.1 Å². The fourth-order valence-corrected chi connectivity index (χ4v) is 2.63. The van der Waals surface area contributed by atoms with Crippen molar-refractivity contribution in [3.63, 3.8) is 0 Å². The zero-order valence-electron chi connectivity index (χ0n) is 13.5. The third-order valence-corrected chi connectivity index (χ3v) is 4.25.